The van der Waals surface area contributed by atoms with Crippen molar-refractivity contribution in [2.45, 2.75) is 31.7 Å². The molecule has 3 aromatic carbocycles. The van der Waals surface area contributed by atoms with Gasteiger partial charge in [0.2, 0.25) is 10.0 Å². The lowest BCUT2D eigenvalue weighted by atomic mass is 10.1. The van der Waals surface area contributed by atoms with Gasteiger partial charge in [0.15, 0.2) is 0 Å². The molecule has 0 radical (unpaired) electrons. The maximum atomic E-state index is 14.7. The maximum Gasteiger partial charge on any atom is 0.255 e. The third kappa shape index (κ3) is 5.52. The predicted molar refractivity (Wildman–Crippen MR) is 139 cm³/mol. The quantitative estimate of drug-likeness (QED) is 0.498. The van der Waals surface area contributed by atoms with Crippen LogP contribution in [0.5, 0.6) is 5.75 Å². The number of carbonyl (C=O) groups excluding carboxylic acids is 1. The Morgan fingerprint density at radius 1 is 1.08 bits per heavy atom. The Morgan fingerprint density at radius 2 is 1.83 bits per heavy atom. The Morgan fingerprint density at radius 3 is 2.50 bits per heavy atom. The molecule has 0 spiro atoms. The highest BCUT2D eigenvalue weighted by atomic mass is 32.2. The average Bonchev–Trinajstić information content (AvgIpc) is 2.85. The standard InChI is InChI=1S/C27H30FN3O4S/c1-4-35-24-11-9-22(10-12-24)29-27(32)21-8-13-25(28)26(17-21)36(33,34)30-14-15-31(20(3)18-30)23-7-5-6-19(2)16-23/h5-13,16-17,20H,4,14-15,18H2,1-3H3,(H,29,32). The highest BCUT2D eigenvalue weighted by Gasteiger charge is 2.34. The van der Waals surface area contributed by atoms with E-state index < -0.39 is 26.6 Å². The minimum absolute atomic E-state index is 0.0512. The van der Waals surface area contributed by atoms with Crippen molar-refractivity contribution in [2.24, 2.45) is 0 Å². The number of aryl methyl sites for hydroxylation is 1. The van der Waals surface area contributed by atoms with Gasteiger partial charge in [0.1, 0.15) is 16.5 Å². The highest BCUT2D eigenvalue weighted by Crippen LogP contribution is 2.27. The van der Waals surface area contributed by atoms with Crippen LogP contribution in [0.2, 0.25) is 0 Å². The van der Waals surface area contributed by atoms with Gasteiger partial charge in [-0.05, 0) is 80.9 Å². The van der Waals surface area contributed by atoms with Crippen LogP contribution in [0.15, 0.2) is 71.6 Å². The van der Waals surface area contributed by atoms with Crippen LogP contribution in [0.3, 0.4) is 0 Å². The van der Waals surface area contributed by atoms with Gasteiger partial charge in [-0.15, -0.1) is 0 Å². The van der Waals surface area contributed by atoms with Crippen LogP contribution >= 0.6 is 0 Å². The van der Waals surface area contributed by atoms with Crippen LogP contribution < -0.4 is 15.0 Å². The van der Waals surface area contributed by atoms with Crippen LogP contribution in [0, 0.1) is 12.7 Å². The molecule has 1 fully saturated rings. The van der Waals surface area contributed by atoms with E-state index in [4.69, 9.17) is 4.74 Å². The Balaban J connectivity index is 1.51. The molecule has 0 aromatic heterocycles. The average molecular weight is 512 g/mol. The molecule has 1 aliphatic heterocycles. The number of hydrogen-bond donors (Lipinski definition) is 1. The van der Waals surface area contributed by atoms with Crippen molar-refractivity contribution < 1.29 is 22.3 Å². The summed E-state index contributed by atoms with van der Waals surface area (Å²) in [7, 11) is -4.15. The van der Waals surface area contributed by atoms with E-state index >= 15 is 0 Å². The zero-order valence-electron chi connectivity index (χ0n) is 20.6. The molecule has 3 aromatic rings. The number of anilines is 2. The smallest absolute Gasteiger partial charge is 0.255 e. The second-order valence-electron chi connectivity index (χ2n) is 8.80. The molecule has 7 nitrogen and oxygen atoms in total. The SMILES string of the molecule is CCOc1ccc(NC(=O)c2ccc(F)c(S(=O)(=O)N3CCN(c4cccc(C)c4)C(C)C3)c2)cc1. The topological polar surface area (TPSA) is 78.9 Å². The second kappa shape index (κ2) is 10.7. The summed E-state index contributed by atoms with van der Waals surface area (Å²) in [5.41, 5.74) is 2.71. The van der Waals surface area contributed by atoms with Crippen molar-refractivity contribution in [2.75, 3.05) is 36.5 Å². The van der Waals surface area contributed by atoms with Gasteiger partial charge in [0.05, 0.1) is 6.61 Å². The predicted octanol–water partition coefficient (Wildman–Crippen LogP) is 4.68. The summed E-state index contributed by atoms with van der Waals surface area (Å²) < 4.78 is 48.2. The minimum atomic E-state index is -4.15. The Hall–Kier alpha value is -3.43. The van der Waals surface area contributed by atoms with Crippen molar-refractivity contribution in [3.05, 3.63) is 83.7 Å². The first kappa shape index (κ1) is 25.7. The van der Waals surface area contributed by atoms with E-state index in [0.717, 1.165) is 23.4 Å². The second-order valence-corrected chi connectivity index (χ2v) is 10.7. The van der Waals surface area contributed by atoms with E-state index in [1.54, 1.807) is 24.3 Å². The summed E-state index contributed by atoms with van der Waals surface area (Å²) in [6, 6.07) is 18.1. The summed E-state index contributed by atoms with van der Waals surface area (Å²) in [4.78, 5) is 14.4. The number of nitrogens with one attached hydrogen (secondary N) is 1. The Labute approximate surface area is 211 Å². The molecule has 0 aliphatic carbocycles. The minimum Gasteiger partial charge on any atom is -0.494 e. The molecular weight excluding hydrogens is 481 g/mol. The molecule has 1 aliphatic rings. The lowest BCUT2D eigenvalue weighted by molar-refractivity contribution is 0.102. The van der Waals surface area contributed by atoms with E-state index in [0.29, 0.717) is 24.6 Å². The number of piperazine rings is 1. The first-order valence-electron chi connectivity index (χ1n) is 11.9. The maximum absolute atomic E-state index is 14.7. The fraction of sp³-hybridized carbons (Fsp3) is 0.296. The number of rotatable bonds is 7. The molecular formula is C27H30FN3O4S. The van der Waals surface area contributed by atoms with Gasteiger partial charge in [0, 0.05) is 42.6 Å². The zero-order valence-corrected chi connectivity index (χ0v) is 21.4. The summed E-state index contributed by atoms with van der Waals surface area (Å²) >= 11 is 0. The fourth-order valence-corrected chi connectivity index (χ4v) is 5.92. The van der Waals surface area contributed by atoms with Gasteiger partial charge in [-0.25, -0.2) is 12.8 Å². The lowest BCUT2D eigenvalue weighted by Crippen LogP contribution is -2.53. The lowest BCUT2D eigenvalue weighted by Gasteiger charge is -2.40. The van der Waals surface area contributed by atoms with E-state index in [1.807, 2.05) is 39.0 Å². The first-order chi connectivity index (χ1) is 17.2. The van der Waals surface area contributed by atoms with Crippen LogP contribution in [-0.4, -0.2) is 50.9 Å². The van der Waals surface area contributed by atoms with E-state index in [9.17, 15) is 17.6 Å². The molecule has 1 unspecified atom stereocenters. The summed E-state index contributed by atoms with van der Waals surface area (Å²) in [6.07, 6.45) is 0. The molecule has 36 heavy (non-hydrogen) atoms. The van der Waals surface area contributed by atoms with Crippen molar-refractivity contribution in [3.63, 3.8) is 0 Å². The molecule has 1 N–H and O–H groups in total. The first-order valence-corrected chi connectivity index (χ1v) is 13.3. The Kier molecular flexibility index (Phi) is 7.61. The Bertz CT molecular complexity index is 1350. The summed E-state index contributed by atoms with van der Waals surface area (Å²) in [5, 5.41) is 2.71. The molecule has 0 bridgehead atoms. The normalized spacial score (nSPS) is 16.6. The molecule has 0 saturated carbocycles. The zero-order chi connectivity index (χ0) is 25.9. The van der Waals surface area contributed by atoms with Gasteiger partial charge in [-0.3, -0.25) is 4.79 Å². The third-order valence-electron chi connectivity index (χ3n) is 6.16. The number of nitrogens with zero attached hydrogens (tertiary/aromatic N) is 2. The number of hydrogen-bond acceptors (Lipinski definition) is 5. The number of amides is 1. The molecule has 190 valence electrons. The molecule has 9 heteroatoms. The van der Waals surface area contributed by atoms with E-state index in [1.165, 1.54) is 10.4 Å². The van der Waals surface area contributed by atoms with Gasteiger partial charge in [0.25, 0.3) is 5.91 Å². The van der Waals surface area contributed by atoms with Crippen LogP contribution in [0.25, 0.3) is 0 Å². The van der Waals surface area contributed by atoms with Crippen LogP contribution in [-0.2, 0) is 10.0 Å². The van der Waals surface area contributed by atoms with E-state index in [2.05, 4.69) is 16.3 Å². The van der Waals surface area contributed by atoms with Gasteiger partial charge in [-0.1, -0.05) is 12.1 Å². The number of benzene rings is 3. The fourth-order valence-electron chi connectivity index (χ4n) is 4.32. The largest absolute Gasteiger partial charge is 0.494 e. The van der Waals surface area contributed by atoms with Crippen LogP contribution in [0.4, 0.5) is 15.8 Å². The van der Waals surface area contributed by atoms with Gasteiger partial charge < -0.3 is 15.0 Å². The monoisotopic (exact) mass is 511 g/mol. The van der Waals surface area contributed by atoms with Crippen LogP contribution in [0.1, 0.15) is 29.8 Å². The molecule has 1 saturated heterocycles. The summed E-state index contributed by atoms with van der Waals surface area (Å²) in [6.45, 7) is 7.25. The highest BCUT2D eigenvalue weighted by molar-refractivity contribution is 7.89. The number of ether oxygens (including phenoxy) is 1. The third-order valence-corrected chi connectivity index (χ3v) is 8.04. The van der Waals surface area contributed by atoms with Crippen molar-refractivity contribution in [3.8, 4) is 5.75 Å². The number of sulfonamides is 1. The molecule has 1 heterocycles. The molecule has 1 atom stereocenters. The number of halogens is 1. The van der Waals surface area contributed by atoms with E-state index in [-0.39, 0.29) is 24.7 Å². The van der Waals surface area contributed by atoms with Gasteiger partial charge >= 0.3 is 0 Å². The van der Waals surface area contributed by atoms with Crippen molar-refractivity contribution in [1.82, 2.24) is 4.31 Å². The van der Waals surface area contributed by atoms with Gasteiger partial charge in [-0.2, -0.15) is 4.31 Å². The number of carbonyl (C=O) groups is 1. The summed E-state index contributed by atoms with van der Waals surface area (Å²) in [5.74, 6) is -0.753. The van der Waals surface area contributed by atoms with Crippen molar-refractivity contribution in [1.29, 1.82) is 0 Å². The molecule has 1 amide bonds. The van der Waals surface area contributed by atoms with Crippen molar-refractivity contribution >= 4 is 27.3 Å². The molecule has 4 rings (SSSR count).